The van der Waals surface area contributed by atoms with Crippen LogP contribution in [0.4, 0.5) is 4.39 Å². The van der Waals surface area contributed by atoms with Gasteiger partial charge in [0.2, 0.25) is 0 Å². The van der Waals surface area contributed by atoms with Crippen LogP contribution in [-0.2, 0) is 0 Å². The summed E-state index contributed by atoms with van der Waals surface area (Å²) in [7, 11) is 0. The summed E-state index contributed by atoms with van der Waals surface area (Å²) in [6.45, 7) is 5.79. The van der Waals surface area contributed by atoms with Crippen molar-refractivity contribution in [1.82, 2.24) is 4.57 Å². The monoisotopic (exact) mass is 313 g/mol. The van der Waals surface area contributed by atoms with E-state index in [1.165, 1.54) is 16.7 Å². The molecule has 0 aliphatic heterocycles. The van der Waals surface area contributed by atoms with Crippen LogP contribution in [0.5, 0.6) is 0 Å². The lowest BCUT2D eigenvalue weighted by atomic mass is 10.0. The van der Waals surface area contributed by atoms with E-state index >= 15 is 0 Å². The van der Waals surface area contributed by atoms with Crippen LogP contribution in [-0.4, -0.2) is 4.57 Å². The van der Waals surface area contributed by atoms with Crippen molar-refractivity contribution >= 4 is 27.9 Å². The molecule has 0 saturated heterocycles. The Balaban J connectivity index is 2.49. The van der Waals surface area contributed by atoms with Crippen LogP contribution in [0.2, 0.25) is 5.02 Å². The quantitative estimate of drug-likeness (QED) is 0.665. The molecule has 2 nitrogen and oxygen atoms in total. The summed E-state index contributed by atoms with van der Waals surface area (Å²) in [6.07, 6.45) is 1.59. The maximum Gasteiger partial charge on any atom is 0.263 e. The van der Waals surface area contributed by atoms with Gasteiger partial charge in [-0.1, -0.05) is 42.4 Å². The van der Waals surface area contributed by atoms with Crippen molar-refractivity contribution in [2.75, 3.05) is 0 Å². The number of hydrogen-bond acceptors (Lipinski definition) is 1. The third-order valence-corrected chi connectivity index (χ3v) is 3.87. The molecule has 4 heteroatoms. The summed E-state index contributed by atoms with van der Waals surface area (Å²) in [4.78, 5) is 12.7. The Morgan fingerprint density at radius 2 is 1.82 bits per heavy atom. The van der Waals surface area contributed by atoms with Crippen LogP contribution in [0.3, 0.4) is 0 Å². The number of para-hydroxylation sites is 1. The zero-order valence-electron chi connectivity index (χ0n) is 11.9. The van der Waals surface area contributed by atoms with E-state index in [0.717, 1.165) is 16.5 Å². The number of fused-ring (bicyclic) bond motifs is 1. The first-order chi connectivity index (χ1) is 10.5. The van der Waals surface area contributed by atoms with Crippen LogP contribution < -0.4 is 5.56 Å². The predicted molar refractivity (Wildman–Crippen MR) is 89.2 cm³/mol. The highest BCUT2D eigenvalue weighted by atomic mass is 35.5. The first kappa shape index (κ1) is 14.5. The van der Waals surface area contributed by atoms with Crippen LogP contribution in [0, 0.1) is 5.82 Å². The average molecular weight is 314 g/mol. The van der Waals surface area contributed by atoms with Crippen molar-refractivity contribution < 1.29 is 4.39 Å². The van der Waals surface area contributed by atoms with E-state index in [4.69, 9.17) is 11.6 Å². The number of aromatic nitrogens is 1. The second-order valence-electron chi connectivity index (χ2n) is 5.11. The van der Waals surface area contributed by atoms with Gasteiger partial charge in [-0.2, -0.15) is 0 Å². The minimum absolute atomic E-state index is 0.0578. The summed E-state index contributed by atoms with van der Waals surface area (Å²) in [5.74, 6) is -0.544. The lowest BCUT2D eigenvalue weighted by Crippen LogP contribution is -2.20. The SMILES string of the molecule is C=C(C)c1cn(-c2c(F)cccc2Cl)c(=O)c2ccccc12. The van der Waals surface area contributed by atoms with E-state index in [1.807, 2.05) is 19.1 Å². The van der Waals surface area contributed by atoms with Gasteiger partial charge in [0.05, 0.1) is 5.02 Å². The fraction of sp³-hybridized carbons (Fsp3) is 0.0556. The van der Waals surface area contributed by atoms with Crippen molar-refractivity contribution in [3.63, 3.8) is 0 Å². The molecule has 1 heterocycles. The number of allylic oxidation sites excluding steroid dienone is 1. The van der Waals surface area contributed by atoms with Gasteiger partial charge in [0.25, 0.3) is 5.56 Å². The molecular formula is C18H13ClFNO. The second kappa shape index (κ2) is 5.43. The zero-order valence-corrected chi connectivity index (χ0v) is 12.7. The summed E-state index contributed by atoms with van der Waals surface area (Å²) in [6, 6.07) is 11.6. The molecule has 1 aromatic heterocycles. The van der Waals surface area contributed by atoms with E-state index in [2.05, 4.69) is 6.58 Å². The van der Waals surface area contributed by atoms with Gasteiger partial charge >= 0.3 is 0 Å². The minimum Gasteiger partial charge on any atom is -0.279 e. The van der Waals surface area contributed by atoms with Crippen LogP contribution >= 0.6 is 11.6 Å². The standard InChI is InChI=1S/C18H13ClFNO/c1-11(2)14-10-21(17-15(19)8-5-9-16(17)20)18(22)13-7-4-3-6-12(13)14/h3-10H,1H2,2H3. The number of benzene rings is 2. The number of rotatable bonds is 2. The first-order valence-electron chi connectivity index (χ1n) is 6.75. The summed E-state index contributed by atoms with van der Waals surface area (Å²) < 4.78 is 15.4. The van der Waals surface area contributed by atoms with E-state index in [1.54, 1.807) is 24.4 Å². The lowest BCUT2D eigenvalue weighted by molar-refractivity contribution is 0.616. The van der Waals surface area contributed by atoms with Crippen LogP contribution in [0.15, 0.2) is 60.0 Å². The zero-order chi connectivity index (χ0) is 15.9. The molecule has 0 radical (unpaired) electrons. The molecule has 3 rings (SSSR count). The van der Waals surface area contributed by atoms with Gasteiger partial charge in [-0.15, -0.1) is 0 Å². The summed E-state index contributed by atoms with van der Waals surface area (Å²) in [5.41, 5.74) is 1.32. The minimum atomic E-state index is -0.544. The maximum absolute atomic E-state index is 14.2. The maximum atomic E-state index is 14.2. The van der Waals surface area contributed by atoms with E-state index < -0.39 is 5.82 Å². The topological polar surface area (TPSA) is 22.0 Å². The molecule has 2 aromatic carbocycles. The molecule has 0 saturated carbocycles. The molecule has 0 unspecified atom stereocenters. The third-order valence-electron chi connectivity index (χ3n) is 3.56. The lowest BCUT2D eigenvalue weighted by Gasteiger charge is -2.14. The Morgan fingerprint density at radius 1 is 1.14 bits per heavy atom. The molecule has 0 amide bonds. The van der Waals surface area contributed by atoms with Gasteiger partial charge in [-0.25, -0.2) is 4.39 Å². The summed E-state index contributed by atoms with van der Waals surface area (Å²) in [5, 5.41) is 1.48. The van der Waals surface area contributed by atoms with Crippen molar-refractivity contribution in [3.8, 4) is 5.69 Å². The molecule has 110 valence electrons. The fourth-order valence-electron chi connectivity index (χ4n) is 2.52. The molecule has 0 fully saturated rings. The Hall–Kier alpha value is -2.39. The normalized spacial score (nSPS) is 10.9. The number of hydrogen-bond donors (Lipinski definition) is 0. The largest absolute Gasteiger partial charge is 0.279 e. The predicted octanol–water partition coefficient (Wildman–Crippen LogP) is 4.82. The molecule has 0 spiro atoms. The van der Waals surface area contributed by atoms with Gasteiger partial charge in [0, 0.05) is 17.1 Å². The Bertz CT molecular complexity index is 939. The van der Waals surface area contributed by atoms with E-state index in [9.17, 15) is 9.18 Å². The molecule has 0 aliphatic carbocycles. The molecule has 0 atom stereocenters. The highest BCUT2D eigenvalue weighted by Gasteiger charge is 2.15. The smallest absolute Gasteiger partial charge is 0.263 e. The van der Waals surface area contributed by atoms with Crippen molar-refractivity contribution in [1.29, 1.82) is 0 Å². The highest BCUT2D eigenvalue weighted by Crippen LogP contribution is 2.26. The van der Waals surface area contributed by atoms with E-state index in [-0.39, 0.29) is 16.3 Å². The van der Waals surface area contributed by atoms with Crippen molar-refractivity contribution in [2.45, 2.75) is 6.92 Å². The van der Waals surface area contributed by atoms with Gasteiger partial charge in [0.15, 0.2) is 0 Å². The third kappa shape index (κ3) is 2.24. The number of halogens is 2. The first-order valence-corrected chi connectivity index (χ1v) is 7.13. The van der Waals surface area contributed by atoms with Gasteiger partial charge < -0.3 is 0 Å². The van der Waals surface area contributed by atoms with Crippen LogP contribution in [0.1, 0.15) is 12.5 Å². The molecule has 0 bridgehead atoms. The Morgan fingerprint density at radius 3 is 2.45 bits per heavy atom. The molecule has 0 aliphatic rings. The highest BCUT2D eigenvalue weighted by molar-refractivity contribution is 6.32. The van der Waals surface area contributed by atoms with Crippen LogP contribution in [0.25, 0.3) is 22.0 Å². The number of pyridine rings is 1. The molecular weight excluding hydrogens is 301 g/mol. The Labute approximate surface area is 132 Å². The van der Waals surface area contributed by atoms with Crippen molar-refractivity contribution in [3.05, 3.63) is 82.0 Å². The fourth-order valence-corrected chi connectivity index (χ4v) is 2.77. The van der Waals surface area contributed by atoms with Gasteiger partial charge in [0.1, 0.15) is 11.5 Å². The van der Waals surface area contributed by atoms with Crippen molar-refractivity contribution in [2.24, 2.45) is 0 Å². The molecule has 22 heavy (non-hydrogen) atoms. The second-order valence-corrected chi connectivity index (χ2v) is 5.52. The summed E-state index contributed by atoms with van der Waals surface area (Å²) >= 11 is 6.10. The van der Waals surface area contributed by atoms with Gasteiger partial charge in [-0.3, -0.25) is 9.36 Å². The van der Waals surface area contributed by atoms with E-state index in [0.29, 0.717) is 5.39 Å². The molecule has 3 aromatic rings. The molecule has 0 N–H and O–H groups in total. The Kier molecular flexibility index (Phi) is 3.59. The average Bonchev–Trinajstić information content (AvgIpc) is 2.49. The number of nitrogens with zero attached hydrogens (tertiary/aromatic N) is 1. The van der Waals surface area contributed by atoms with Gasteiger partial charge in [-0.05, 0) is 36.1 Å².